The van der Waals surface area contributed by atoms with Gasteiger partial charge in [-0.15, -0.1) is 0 Å². The number of hydrogen-bond acceptors (Lipinski definition) is 1. The second-order valence-corrected chi connectivity index (χ2v) is 13.4. The number of hydrogen-bond donors (Lipinski definition) is 0. The lowest BCUT2D eigenvalue weighted by atomic mass is 9.95. The summed E-state index contributed by atoms with van der Waals surface area (Å²) in [4.78, 5) is 0. The Kier molecular flexibility index (Phi) is 5.90. The lowest BCUT2D eigenvalue weighted by Crippen LogP contribution is -2.43. The predicted molar refractivity (Wildman–Crippen MR) is 124 cm³/mol. The number of rotatable bonds is 5. The van der Waals surface area contributed by atoms with Gasteiger partial charge in [0.25, 0.3) is 0 Å². The maximum atomic E-state index is 6.44. The van der Waals surface area contributed by atoms with Crippen LogP contribution in [0.1, 0.15) is 37.5 Å². The molecule has 1 nitrogen and oxygen atoms in total. The largest absolute Gasteiger partial charge is 0.544 e. The van der Waals surface area contributed by atoms with E-state index in [1.165, 1.54) is 22.3 Å². The summed E-state index contributed by atoms with van der Waals surface area (Å²) in [6.45, 7) is 11.4. The van der Waals surface area contributed by atoms with E-state index in [-0.39, 0.29) is 5.04 Å². The minimum absolute atomic E-state index is 0.189. The first kappa shape index (κ1) is 20.2. The van der Waals surface area contributed by atoms with Crippen molar-refractivity contribution in [1.29, 1.82) is 0 Å². The van der Waals surface area contributed by atoms with Crippen LogP contribution >= 0.6 is 0 Å². The van der Waals surface area contributed by atoms with Gasteiger partial charge in [0.1, 0.15) is 5.75 Å². The Hall–Kier alpha value is -2.58. The molecule has 2 heteroatoms. The Labute approximate surface area is 170 Å². The van der Waals surface area contributed by atoms with Crippen LogP contribution in [0.3, 0.4) is 0 Å². The van der Waals surface area contributed by atoms with Gasteiger partial charge in [-0.2, -0.15) is 0 Å². The molecule has 0 N–H and O–H groups in total. The second kappa shape index (κ2) is 8.20. The molecule has 0 atom stereocenters. The van der Waals surface area contributed by atoms with Crippen molar-refractivity contribution < 1.29 is 4.43 Å². The van der Waals surface area contributed by atoms with E-state index >= 15 is 0 Å². The zero-order chi connectivity index (χ0) is 20.2. The van der Waals surface area contributed by atoms with Gasteiger partial charge >= 0.3 is 0 Å². The molecule has 0 aliphatic heterocycles. The highest BCUT2D eigenvalue weighted by molar-refractivity contribution is 6.74. The van der Waals surface area contributed by atoms with Crippen LogP contribution in [-0.2, 0) is 0 Å². The van der Waals surface area contributed by atoms with Crippen molar-refractivity contribution in [2.75, 3.05) is 0 Å². The molecule has 0 bridgehead atoms. The zero-order valence-electron chi connectivity index (χ0n) is 17.6. The average molecular weight is 387 g/mol. The van der Waals surface area contributed by atoms with E-state index in [0.29, 0.717) is 0 Å². The molecule has 0 aromatic heterocycles. The molecule has 3 aromatic rings. The van der Waals surface area contributed by atoms with Gasteiger partial charge < -0.3 is 4.43 Å². The minimum Gasteiger partial charge on any atom is -0.544 e. The van der Waals surface area contributed by atoms with Gasteiger partial charge in [0.15, 0.2) is 0 Å². The van der Waals surface area contributed by atoms with E-state index in [4.69, 9.17) is 4.43 Å². The third-order valence-electron chi connectivity index (χ3n) is 5.54. The predicted octanol–water partition coefficient (Wildman–Crippen LogP) is 7.66. The third kappa shape index (κ3) is 4.82. The van der Waals surface area contributed by atoms with Gasteiger partial charge in [0, 0.05) is 0 Å². The quantitative estimate of drug-likeness (QED) is 0.323. The van der Waals surface area contributed by atoms with Crippen LogP contribution in [0.5, 0.6) is 5.75 Å². The van der Waals surface area contributed by atoms with Gasteiger partial charge in [-0.1, -0.05) is 93.6 Å². The van der Waals surface area contributed by atoms with Crippen LogP contribution in [0, 0.1) is 0 Å². The summed E-state index contributed by atoms with van der Waals surface area (Å²) in [6, 6.07) is 29.6. The summed E-state index contributed by atoms with van der Waals surface area (Å²) in [5.41, 5.74) is 4.82. The van der Waals surface area contributed by atoms with E-state index in [1.807, 2.05) is 6.07 Å². The molecule has 0 saturated heterocycles. The van der Waals surface area contributed by atoms with Crippen molar-refractivity contribution in [1.82, 2.24) is 0 Å². The van der Waals surface area contributed by atoms with E-state index in [0.717, 1.165) is 5.75 Å². The Morgan fingerprint density at radius 1 is 0.714 bits per heavy atom. The van der Waals surface area contributed by atoms with Crippen LogP contribution in [0.4, 0.5) is 0 Å². The summed E-state index contributed by atoms with van der Waals surface area (Å²) < 4.78 is 6.44. The lowest BCUT2D eigenvalue weighted by molar-refractivity contribution is 0.492. The molecule has 0 aliphatic carbocycles. The maximum absolute atomic E-state index is 6.44. The Morgan fingerprint density at radius 3 is 1.75 bits per heavy atom. The molecular formula is C26H30OSi. The average Bonchev–Trinajstić information content (AvgIpc) is 2.67. The van der Waals surface area contributed by atoms with Crippen molar-refractivity contribution in [3.05, 3.63) is 102 Å². The third-order valence-corrected chi connectivity index (χ3v) is 9.90. The monoisotopic (exact) mass is 386 g/mol. The lowest BCUT2D eigenvalue weighted by Gasteiger charge is -2.36. The molecule has 28 heavy (non-hydrogen) atoms. The normalized spacial score (nSPS) is 12.7. The van der Waals surface area contributed by atoms with Gasteiger partial charge in [-0.3, -0.25) is 0 Å². The summed E-state index contributed by atoms with van der Waals surface area (Å²) in [7, 11) is -1.83. The van der Waals surface area contributed by atoms with Crippen molar-refractivity contribution in [3.8, 4) is 5.75 Å². The SMILES string of the molecule is CC(C)(C)[Si](C)(C)Oc1ccc(C(=Cc2ccccc2)c2ccccc2)cc1. The van der Waals surface area contributed by atoms with Gasteiger partial charge in [0.2, 0.25) is 8.32 Å². The van der Waals surface area contributed by atoms with Crippen LogP contribution in [0.25, 0.3) is 11.6 Å². The molecule has 0 amide bonds. The molecule has 0 aliphatic rings. The van der Waals surface area contributed by atoms with E-state index in [1.54, 1.807) is 0 Å². The summed E-state index contributed by atoms with van der Waals surface area (Å²) in [5, 5.41) is 0.189. The molecule has 0 heterocycles. The van der Waals surface area contributed by atoms with Crippen molar-refractivity contribution in [3.63, 3.8) is 0 Å². The van der Waals surface area contributed by atoms with Crippen LogP contribution < -0.4 is 4.43 Å². The molecule has 3 aromatic carbocycles. The highest BCUT2D eigenvalue weighted by atomic mass is 28.4. The fourth-order valence-corrected chi connectivity index (χ4v) is 3.85. The molecule has 144 valence electrons. The summed E-state index contributed by atoms with van der Waals surface area (Å²) in [6.07, 6.45) is 2.25. The van der Waals surface area contributed by atoms with Gasteiger partial charge in [0.05, 0.1) is 0 Å². The van der Waals surface area contributed by atoms with Crippen LogP contribution in [0.2, 0.25) is 18.1 Å². The highest BCUT2D eigenvalue weighted by Crippen LogP contribution is 2.37. The number of benzene rings is 3. The van der Waals surface area contributed by atoms with Crippen LogP contribution in [-0.4, -0.2) is 8.32 Å². The van der Waals surface area contributed by atoms with Crippen molar-refractivity contribution in [2.45, 2.75) is 38.9 Å². The fraction of sp³-hybridized carbons (Fsp3) is 0.231. The summed E-state index contributed by atoms with van der Waals surface area (Å²) in [5.74, 6) is 0.961. The first-order chi connectivity index (χ1) is 13.3. The minimum atomic E-state index is -1.83. The van der Waals surface area contributed by atoms with E-state index in [2.05, 4.69) is 119 Å². The Bertz CT molecular complexity index is 918. The second-order valence-electron chi connectivity index (χ2n) is 8.72. The standard InChI is InChI=1S/C26H30OSi/c1-26(2,3)28(4,5)27-24-18-16-23(17-19-24)25(22-14-10-7-11-15-22)20-21-12-8-6-9-13-21/h6-20H,1-5H3. The molecule has 3 rings (SSSR count). The summed E-state index contributed by atoms with van der Waals surface area (Å²) >= 11 is 0. The molecule has 0 unspecified atom stereocenters. The smallest absolute Gasteiger partial charge is 0.250 e. The maximum Gasteiger partial charge on any atom is 0.250 e. The molecule has 0 fully saturated rings. The Morgan fingerprint density at radius 2 is 1.21 bits per heavy atom. The molecular weight excluding hydrogens is 356 g/mol. The zero-order valence-corrected chi connectivity index (χ0v) is 18.6. The van der Waals surface area contributed by atoms with E-state index in [9.17, 15) is 0 Å². The van der Waals surface area contributed by atoms with Crippen molar-refractivity contribution >= 4 is 20.0 Å². The van der Waals surface area contributed by atoms with Gasteiger partial charge in [-0.25, -0.2) is 0 Å². The van der Waals surface area contributed by atoms with Crippen molar-refractivity contribution in [2.24, 2.45) is 0 Å². The molecule has 0 saturated carbocycles. The first-order valence-electron chi connectivity index (χ1n) is 9.88. The highest BCUT2D eigenvalue weighted by Gasteiger charge is 2.38. The topological polar surface area (TPSA) is 9.23 Å². The Balaban J connectivity index is 1.95. The van der Waals surface area contributed by atoms with Crippen LogP contribution in [0.15, 0.2) is 84.9 Å². The fourth-order valence-electron chi connectivity index (χ4n) is 2.82. The molecule has 0 radical (unpaired) electrons. The van der Waals surface area contributed by atoms with Gasteiger partial charge in [-0.05, 0) is 58.6 Å². The molecule has 0 spiro atoms. The first-order valence-corrected chi connectivity index (χ1v) is 12.8. The van der Waals surface area contributed by atoms with E-state index < -0.39 is 8.32 Å².